The van der Waals surface area contributed by atoms with E-state index < -0.39 is 34.1 Å². The Morgan fingerprint density at radius 3 is 2.30 bits per heavy atom. The Morgan fingerprint density at radius 1 is 1.04 bits per heavy atom. The molecule has 0 heterocycles. The molecule has 0 radical (unpaired) electrons. The molecule has 27 heavy (non-hydrogen) atoms. The molecule has 0 unspecified atom stereocenters. The third-order valence-electron chi connectivity index (χ3n) is 7.45. The lowest BCUT2D eigenvalue weighted by Crippen LogP contribution is -2.86. The van der Waals surface area contributed by atoms with Gasteiger partial charge in [0.2, 0.25) is 0 Å². The van der Waals surface area contributed by atoms with E-state index in [-0.39, 0.29) is 37.9 Å². The molecule has 6 nitrogen and oxygen atoms in total. The van der Waals surface area contributed by atoms with Gasteiger partial charge < -0.3 is 9.47 Å². The van der Waals surface area contributed by atoms with Crippen molar-refractivity contribution in [1.29, 1.82) is 0 Å². The molecule has 0 N–H and O–H groups in total. The fraction of sp³-hybridized carbons (Fsp3) is 0.474. The van der Waals surface area contributed by atoms with Gasteiger partial charge in [-0.15, -0.1) is 0 Å². The molecule has 2 saturated carbocycles. The summed E-state index contributed by atoms with van der Waals surface area (Å²) in [4.78, 5) is 52.8. The second-order valence-corrected chi connectivity index (χ2v) is 9.23. The van der Waals surface area contributed by atoms with Crippen LogP contribution in [-0.2, 0) is 28.7 Å². The number of Topliss-reactive ketones (excluding diaryl/α,β-unsaturated/α-hetero) is 2. The fourth-order valence-corrected chi connectivity index (χ4v) is 7.88. The van der Waals surface area contributed by atoms with Crippen molar-refractivity contribution in [3.8, 4) is 0 Å². The summed E-state index contributed by atoms with van der Waals surface area (Å²) in [6.45, 7) is 0. The summed E-state index contributed by atoms with van der Waals surface area (Å²) in [7, 11) is 2.46. The summed E-state index contributed by atoms with van der Waals surface area (Å²) in [5.41, 5.74) is -3.79. The van der Waals surface area contributed by atoms with Crippen LogP contribution in [0.2, 0.25) is 0 Å². The van der Waals surface area contributed by atoms with E-state index in [1.807, 2.05) is 12.2 Å². The van der Waals surface area contributed by atoms with Crippen molar-refractivity contribution in [2.75, 3.05) is 14.2 Å². The molecule has 0 aromatic heterocycles. The van der Waals surface area contributed by atoms with Gasteiger partial charge in [-0.2, -0.15) is 0 Å². The maximum Gasteiger partial charge on any atom is 0.334 e. The van der Waals surface area contributed by atoms with E-state index in [2.05, 4.69) is 31.9 Å². The van der Waals surface area contributed by atoms with Crippen molar-refractivity contribution in [2.24, 2.45) is 34.0 Å². The maximum atomic E-state index is 13.7. The van der Waals surface area contributed by atoms with Gasteiger partial charge in [0.25, 0.3) is 0 Å². The first-order chi connectivity index (χ1) is 12.8. The van der Waals surface area contributed by atoms with Crippen molar-refractivity contribution in [2.45, 2.75) is 6.42 Å². The van der Waals surface area contributed by atoms with E-state index in [4.69, 9.17) is 9.47 Å². The molecule has 5 aliphatic rings. The monoisotopic (exact) mass is 496 g/mol. The van der Waals surface area contributed by atoms with Gasteiger partial charge in [0.15, 0.2) is 11.6 Å². The summed E-state index contributed by atoms with van der Waals surface area (Å²) in [5.74, 6) is -2.92. The molecule has 2 fully saturated rings. The number of halogens is 2. The molecule has 0 amide bonds. The van der Waals surface area contributed by atoms with Gasteiger partial charge in [0.05, 0.1) is 39.6 Å². The summed E-state index contributed by atoms with van der Waals surface area (Å²) >= 11 is 6.52. The van der Waals surface area contributed by atoms with Gasteiger partial charge in [-0.25, -0.2) is 4.79 Å². The van der Waals surface area contributed by atoms with Crippen LogP contribution in [0.1, 0.15) is 6.42 Å². The normalized spacial score (nSPS) is 45.3. The van der Waals surface area contributed by atoms with Crippen LogP contribution in [0.4, 0.5) is 0 Å². The Kier molecular flexibility index (Phi) is 3.18. The standard InChI is InChI=1S/C19H14Br2O6/c1-26-15(24)9-6-10-17-7-3-4-8(5-7)19(17,18(9,10)16(25)27-2)14(23)12(21)11(20)13(17)22/h3-4,6-8,10H,5H2,1-2H3/t7-,8+,10+,17-,18+,19+/m1/s1. The number of hydrogen-bond donors (Lipinski definition) is 0. The fourth-order valence-electron chi connectivity index (χ4n) is 6.87. The van der Waals surface area contributed by atoms with Crippen LogP contribution >= 0.6 is 31.9 Å². The quantitative estimate of drug-likeness (QED) is 0.429. The Balaban J connectivity index is 1.88. The zero-order valence-electron chi connectivity index (χ0n) is 14.4. The van der Waals surface area contributed by atoms with Crippen LogP contribution in [0.3, 0.4) is 0 Å². The number of hydrogen-bond acceptors (Lipinski definition) is 6. The third kappa shape index (κ3) is 1.30. The molecular formula is C19H14Br2O6. The van der Waals surface area contributed by atoms with Crippen molar-refractivity contribution in [1.82, 2.24) is 0 Å². The SMILES string of the molecule is COC(=O)C1=C[C@@H]2[C@@]1(C(=O)OC)[C@@]13C(=O)C(Br)=C(Br)C(=O)[C@@]21[C@@H]1C=C[C@H]3C1. The molecule has 0 aromatic carbocycles. The molecule has 2 bridgehead atoms. The molecular weight excluding hydrogens is 484 g/mol. The second kappa shape index (κ2) is 4.89. The van der Waals surface area contributed by atoms with Gasteiger partial charge in [-0.05, 0) is 50.1 Å². The molecule has 0 spiro atoms. The van der Waals surface area contributed by atoms with Crippen LogP contribution in [0.25, 0.3) is 0 Å². The lowest BCUT2D eigenvalue weighted by molar-refractivity contribution is -0.250. The number of rotatable bonds is 2. The summed E-state index contributed by atoms with van der Waals surface area (Å²) < 4.78 is 10.3. The third-order valence-corrected chi connectivity index (χ3v) is 9.50. The van der Waals surface area contributed by atoms with Gasteiger partial charge in [0.1, 0.15) is 5.41 Å². The number of carbonyl (C=O) groups excluding carboxylic acids is 4. The number of esters is 2. The molecule has 0 saturated heterocycles. The highest BCUT2D eigenvalue weighted by Gasteiger charge is 2.98. The largest absolute Gasteiger partial charge is 0.468 e. The molecule has 6 atom stereocenters. The van der Waals surface area contributed by atoms with Crippen LogP contribution < -0.4 is 0 Å². The van der Waals surface area contributed by atoms with Gasteiger partial charge in [0, 0.05) is 5.92 Å². The van der Waals surface area contributed by atoms with Gasteiger partial charge >= 0.3 is 11.9 Å². The Hall–Kier alpha value is -1.54. The highest BCUT2D eigenvalue weighted by molar-refractivity contribution is 9.14. The minimum Gasteiger partial charge on any atom is -0.468 e. The number of carbonyl (C=O) groups is 4. The average Bonchev–Trinajstić information content (AvgIpc) is 3.22. The van der Waals surface area contributed by atoms with E-state index in [0.29, 0.717) is 6.42 Å². The topological polar surface area (TPSA) is 86.7 Å². The highest BCUT2D eigenvalue weighted by Crippen LogP contribution is 2.91. The number of allylic oxidation sites excluding steroid dienone is 5. The first kappa shape index (κ1) is 17.6. The Labute approximate surface area is 171 Å². The highest BCUT2D eigenvalue weighted by atomic mass is 79.9. The van der Waals surface area contributed by atoms with E-state index >= 15 is 0 Å². The average molecular weight is 498 g/mol. The zero-order chi connectivity index (χ0) is 19.5. The molecule has 0 aromatic rings. The van der Waals surface area contributed by atoms with Crippen molar-refractivity contribution in [3.05, 3.63) is 32.8 Å². The molecule has 5 aliphatic carbocycles. The summed E-state index contributed by atoms with van der Waals surface area (Å²) in [5, 5.41) is 0. The van der Waals surface area contributed by atoms with E-state index in [1.54, 1.807) is 6.08 Å². The predicted octanol–water partition coefficient (Wildman–Crippen LogP) is 2.22. The van der Waals surface area contributed by atoms with Crippen molar-refractivity contribution in [3.63, 3.8) is 0 Å². The lowest BCUT2D eigenvalue weighted by atomic mass is 9.21. The van der Waals surface area contributed by atoms with Crippen LogP contribution in [0.15, 0.2) is 32.8 Å². The van der Waals surface area contributed by atoms with Crippen LogP contribution in [-0.4, -0.2) is 37.7 Å². The van der Waals surface area contributed by atoms with Crippen LogP contribution in [0.5, 0.6) is 0 Å². The van der Waals surface area contributed by atoms with E-state index in [9.17, 15) is 19.2 Å². The maximum absolute atomic E-state index is 13.7. The molecule has 5 rings (SSSR count). The van der Waals surface area contributed by atoms with Crippen LogP contribution in [0, 0.1) is 34.0 Å². The van der Waals surface area contributed by atoms with Crippen molar-refractivity contribution < 1.29 is 28.7 Å². The predicted molar refractivity (Wildman–Crippen MR) is 98.5 cm³/mol. The molecule has 140 valence electrons. The molecule has 8 heteroatoms. The van der Waals surface area contributed by atoms with Gasteiger partial charge in [-0.3, -0.25) is 14.4 Å². The minimum atomic E-state index is -1.49. The zero-order valence-corrected chi connectivity index (χ0v) is 17.5. The van der Waals surface area contributed by atoms with Crippen molar-refractivity contribution >= 4 is 55.4 Å². The first-order valence-corrected chi connectivity index (χ1v) is 10.1. The lowest BCUT2D eigenvalue weighted by Gasteiger charge is -2.77. The first-order valence-electron chi connectivity index (χ1n) is 8.51. The Morgan fingerprint density at radius 2 is 1.67 bits per heavy atom. The van der Waals surface area contributed by atoms with E-state index in [0.717, 1.165) is 0 Å². The molecule has 0 aliphatic heterocycles. The number of fused-ring (bicyclic) bond motifs is 3. The Bertz CT molecular complexity index is 977. The smallest absolute Gasteiger partial charge is 0.334 e. The summed E-state index contributed by atoms with van der Waals surface area (Å²) in [6, 6.07) is 0. The van der Waals surface area contributed by atoms with E-state index in [1.165, 1.54) is 14.2 Å². The minimum absolute atomic E-state index is 0.113. The number of methoxy groups -OCH3 is 2. The second-order valence-electron chi connectivity index (χ2n) is 7.65. The summed E-state index contributed by atoms with van der Waals surface area (Å²) in [6.07, 6.45) is 6.09. The van der Waals surface area contributed by atoms with Gasteiger partial charge in [-0.1, -0.05) is 18.2 Å². The number of ketones is 2. The number of ether oxygens (including phenoxy) is 2.